The van der Waals surface area contributed by atoms with Gasteiger partial charge in [-0.05, 0) is 20.3 Å². The highest BCUT2D eigenvalue weighted by atomic mass is 16.2. The van der Waals surface area contributed by atoms with Gasteiger partial charge < -0.3 is 14.9 Å². The van der Waals surface area contributed by atoms with Crippen LogP contribution in [0.2, 0.25) is 0 Å². The molecule has 0 fully saturated rings. The summed E-state index contributed by atoms with van der Waals surface area (Å²) in [6, 6.07) is 0.0442. The van der Waals surface area contributed by atoms with E-state index in [-0.39, 0.29) is 11.6 Å². The van der Waals surface area contributed by atoms with Crippen LogP contribution >= 0.6 is 0 Å². The Morgan fingerprint density at radius 1 is 1.35 bits per heavy atom. The largest absolute Gasteiger partial charge is 0.325 e. The Bertz CT molecular complexity index is 458. The van der Waals surface area contributed by atoms with Crippen LogP contribution in [0.1, 0.15) is 25.1 Å². The zero-order valence-corrected chi connectivity index (χ0v) is 10.2. The Balaban J connectivity index is 2.12. The molecule has 0 atom stereocenters. The second kappa shape index (κ2) is 4.65. The summed E-state index contributed by atoms with van der Waals surface area (Å²) >= 11 is 0. The molecule has 1 aliphatic rings. The number of fused-ring (bicyclic) bond motifs is 1. The van der Waals surface area contributed by atoms with Crippen molar-refractivity contribution in [3.05, 3.63) is 21.6 Å². The molecule has 1 aliphatic heterocycles. The van der Waals surface area contributed by atoms with Crippen molar-refractivity contribution in [2.24, 2.45) is 0 Å². The molecule has 0 radical (unpaired) electrons. The van der Waals surface area contributed by atoms with Gasteiger partial charge in [0.05, 0.1) is 12.2 Å². The molecule has 0 unspecified atom stereocenters. The Hall–Kier alpha value is -1.72. The van der Waals surface area contributed by atoms with Gasteiger partial charge in [0.1, 0.15) is 0 Å². The SMILES string of the molecule is CCN(CC)C(=O)N1CCc2c([nH][nH]c2=O)C1. The van der Waals surface area contributed by atoms with Gasteiger partial charge in [0.2, 0.25) is 0 Å². The van der Waals surface area contributed by atoms with Gasteiger partial charge >= 0.3 is 6.03 Å². The number of hydrogen-bond donors (Lipinski definition) is 2. The van der Waals surface area contributed by atoms with E-state index in [0.717, 1.165) is 11.3 Å². The average molecular weight is 238 g/mol. The van der Waals surface area contributed by atoms with Gasteiger partial charge in [-0.2, -0.15) is 0 Å². The molecule has 0 saturated heterocycles. The second-order valence-corrected chi connectivity index (χ2v) is 4.16. The summed E-state index contributed by atoms with van der Waals surface area (Å²) in [4.78, 5) is 27.1. The minimum absolute atomic E-state index is 0.0442. The molecular weight excluding hydrogens is 220 g/mol. The third-order valence-electron chi connectivity index (χ3n) is 3.25. The van der Waals surface area contributed by atoms with E-state index in [0.29, 0.717) is 32.6 Å². The fourth-order valence-corrected chi connectivity index (χ4v) is 2.19. The Morgan fingerprint density at radius 3 is 2.71 bits per heavy atom. The molecule has 2 amide bonds. The van der Waals surface area contributed by atoms with Gasteiger partial charge in [0.15, 0.2) is 0 Å². The van der Waals surface area contributed by atoms with Gasteiger partial charge in [-0.1, -0.05) is 0 Å². The average Bonchev–Trinajstić information content (AvgIpc) is 2.72. The van der Waals surface area contributed by atoms with Crippen molar-refractivity contribution >= 4 is 6.03 Å². The Kier molecular flexibility index (Phi) is 3.21. The van der Waals surface area contributed by atoms with Crippen LogP contribution < -0.4 is 5.56 Å². The maximum Gasteiger partial charge on any atom is 0.320 e. The number of nitrogens with zero attached hydrogens (tertiary/aromatic N) is 2. The second-order valence-electron chi connectivity index (χ2n) is 4.16. The lowest BCUT2D eigenvalue weighted by Crippen LogP contribution is -2.45. The van der Waals surface area contributed by atoms with Crippen LogP contribution in [-0.2, 0) is 13.0 Å². The van der Waals surface area contributed by atoms with E-state index in [2.05, 4.69) is 10.2 Å². The monoisotopic (exact) mass is 238 g/mol. The molecule has 0 bridgehead atoms. The van der Waals surface area contributed by atoms with Crippen LogP contribution in [-0.4, -0.2) is 45.7 Å². The van der Waals surface area contributed by atoms with Gasteiger partial charge in [-0.3, -0.25) is 9.89 Å². The highest BCUT2D eigenvalue weighted by molar-refractivity contribution is 5.74. The first kappa shape index (κ1) is 11.8. The van der Waals surface area contributed by atoms with E-state index in [9.17, 15) is 9.59 Å². The van der Waals surface area contributed by atoms with Crippen molar-refractivity contribution in [3.63, 3.8) is 0 Å². The van der Waals surface area contributed by atoms with E-state index in [1.165, 1.54) is 0 Å². The predicted octanol–water partition coefficient (Wildman–Crippen LogP) is 0.523. The molecule has 1 aromatic heterocycles. The first-order chi connectivity index (χ1) is 8.17. The Labute approximate surface area is 99.6 Å². The number of hydrogen-bond acceptors (Lipinski definition) is 2. The van der Waals surface area contributed by atoms with E-state index in [1.807, 2.05) is 13.8 Å². The molecular formula is C11H18N4O2. The van der Waals surface area contributed by atoms with Crippen LogP contribution in [0.3, 0.4) is 0 Å². The van der Waals surface area contributed by atoms with Gasteiger partial charge in [-0.15, -0.1) is 0 Å². The first-order valence-corrected chi connectivity index (χ1v) is 5.99. The number of amides is 2. The van der Waals surface area contributed by atoms with Crippen LogP contribution in [0.25, 0.3) is 0 Å². The van der Waals surface area contributed by atoms with Crippen molar-refractivity contribution in [2.45, 2.75) is 26.8 Å². The smallest absolute Gasteiger partial charge is 0.320 e. The minimum Gasteiger partial charge on any atom is -0.325 e. The number of H-pyrrole nitrogens is 2. The molecule has 94 valence electrons. The third kappa shape index (κ3) is 2.07. The van der Waals surface area contributed by atoms with Gasteiger partial charge in [-0.25, -0.2) is 4.79 Å². The minimum atomic E-state index is -0.0602. The van der Waals surface area contributed by atoms with E-state index < -0.39 is 0 Å². The fourth-order valence-electron chi connectivity index (χ4n) is 2.19. The zero-order chi connectivity index (χ0) is 12.4. The summed E-state index contributed by atoms with van der Waals surface area (Å²) in [7, 11) is 0. The number of rotatable bonds is 2. The molecule has 0 aliphatic carbocycles. The van der Waals surface area contributed by atoms with Crippen LogP contribution in [0, 0.1) is 0 Å². The summed E-state index contributed by atoms with van der Waals surface area (Å²) in [5.74, 6) is 0. The summed E-state index contributed by atoms with van der Waals surface area (Å²) in [6.45, 7) is 6.46. The number of aromatic nitrogens is 2. The summed E-state index contributed by atoms with van der Waals surface area (Å²) < 4.78 is 0. The summed E-state index contributed by atoms with van der Waals surface area (Å²) in [5.41, 5.74) is 1.56. The summed E-state index contributed by atoms with van der Waals surface area (Å²) in [5, 5.41) is 5.40. The maximum atomic E-state index is 12.1. The quantitative estimate of drug-likeness (QED) is 0.788. The summed E-state index contributed by atoms with van der Waals surface area (Å²) in [6.07, 6.45) is 0.626. The van der Waals surface area contributed by atoms with Crippen molar-refractivity contribution < 1.29 is 4.79 Å². The third-order valence-corrected chi connectivity index (χ3v) is 3.25. The molecule has 2 heterocycles. The van der Waals surface area contributed by atoms with Crippen molar-refractivity contribution in [1.82, 2.24) is 20.0 Å². The van der Waals surface area contributed by atoms with Gasteiger partial charge in [0, 0.05) is 25.2 Å². The highest BCUT2D eigenvalue weighted by Crippen LogP contribution is 2.14. The number of carbonyl (C=O) groups excluding carboxylic acids is 1. The van der Waals surface area contributed by atoms with E-state index in [1.54, 1.807) is 9.80 Å². The lowest BCUT2D eigenvalue weighted by Gasteiger charge is -2.31. The molecule has 17 heavy (non-hydrogen) atoms. The zero-order valence-electron chi connectivity index (χ0n) is 10.2. The number of nitrogens with one attached hydrogen (secondary N) is 2. The Morgan fingerprint density at radius 2 is 2.06 bits per heavy atom. The van der Waals surface area contributed by atoms with Crippen molar-refractivity contribution in [3.8, 4) is 0 Å². The van der Waals surface area contributed by atoms with Crippen molar-refractivity contribution in [1.29, 1.82) is 0 Å². The van der Waals surface area contributed by atoms with Crippen LogP contribution in [0.4, 0.5) is 4.79 Å². The highest BCUT2D eigenvalue weighted by Gasteiger charge is 2.25. The number of aromatic amines is 2. The van der Waals surface area contributed by atoms with Crippen molar-refractivity contribution in [2.75, 3.05) is 19.6 Å². The lowest BCUT2D eigenvalue weighted by atomic mass is 10.1. The molecule has 6 nitrogen and oxygen atoms in total. The van der Waals surface area contributed by atoms with Crippen LogP contribution in [0.15, 0.2) is 4.79 Å². The van der Waals surface area contributed by atoms with Gasteiger partial charge in [0.25, 0.3) is 5.56 Å². The van der Waals surface area contributed by atoms with E-state index in [4.69, 9.17) is 0 Å². The van der Waals surface area contributed by atoms with Crippen LogP contribution in [0.5, 0.6) is 0 Å². The number of carbonyl (C=O) groups is 1. The topological polar surface area (TPSA) is 72.2 Å². The first-order valence-electron chi connectivity index (χ1n) is 5.99. The normalized spacial score (nSPS) is 14.6. The molecule has 1 aromatic rings. The van der Waals surface area contributed by atoms with E-state index >= 15 is 0 Å². The fraction of sp³-hybridized carbons (Fsp3) is 0.636. The molecule has 0 spiro atoms. The molecule has 0 aromatic carbocycles. The molecule has 0 saturated carbocycles. The number of urea groups is 1. The lowest BCUT2D eigenvalue weighted by molar-refractivity contribution is 0.151. The maximum absolute atomic E-state index is 12.1. The predicted molar refractivity (Wildman–Crippen MR) is 63.8 cm³/mol. The standard InChI is InChI=1S/C11H18N4O2/c1-3-14(4-2)11(17)15-6-5-8-9(7-15)12-13-10(8)16/h3-7H2,1-2H3,(H2,12,13,16). The molecule has 2 rings (SSSR count). The molecule has 6 heteroatoms. The molecule has 2 N–H and O–H groups in total.